The average Bonchev–Trinajstić information content (AvgIpc) is 2.69. The molecule has 2 N–H and O–H groups in total. The monoisotopic (exact) mass is 425 g/mol. The molecule has 3 heterocycles. The van der Waals surface area contributed by atoms with Crippen LogP contribution in [-0.4, -0.2) is 74.8 Å². The first kappa shape index (κ1) is 26.8. The Balaban J connectivity index is 0.000000225. The van der Waals surface area contributed by atoms with Crippen LogP contribution in [0.15, 0.2) is 12.0 Å². The number of amides is 1. The summed E-state index contributed by atoms with van der Waals surface area (Å²) < 4.78 is 0. The van der Waals surface area contributed by atoms with Crippen molar-refractivity contribution in [2.24, 2.45) is 0 Å². The molecule has 2 fully saturated rings. The van der Waals surface area contributed by atoms with E-state index < -0.39 is 0 Å². The lowest BCUT2D eigenvalue weighted by molar-refractivity contribution is -0.135. The first-order valence-electron chi connectivity index (χ1n) is 12.0. The lowest BCUT2D eigenvalue weighted by Crippen LogP contribution is -2.43. The summed E-state index contributed by atoms with van der Waals surface area (Å²) in [6.45, 7) is 15.6. The molecule has 0 bridgehead atoms. The molecule has 1 atom stereocenters. The van der Waals surface area contributed by atoms with Crippen molar-refractivity contribution in [3.63, 3.8) is 0 Å². The Labute approximate surface area is 184 Å². The standard InChI is InChI=1S/C8H17NO.2C8H15NO/c3*1-7(2)9-6-4-3-5-8(9)10/h7-8,10H,3-6H2,1-2H3;7H,3-6H2,1-2H3;5,7,10H,3-4,6H2,1-2H3. The second kappa shape index (κ2) is 13.9. The minimum atomic E-state index is -0.172. The van der Waals surface area contributed by atoms with Crippen LogP contribution in [0.2, 0.25) is 0 Å². The summed E-state index contributed by atoms with van der Waals surface area (Å²) in [5.41, 5.74) is 0. The van der Waals surface area contributed by atoms with Crippen LogP contribution < -0.4 is 0 Å². The number of carbonyl (C=O) groups excluding carboxylic acids is 1. The highest BCUT2D eigenvalue weighted by Crippen LogP contribution is 2.17. The zero-order valence-electron chi connectivity index (χ0n) is 20.3. The van der Waals surface area contributed by atoms with Gasteiger partial charge in [-0.3, -0.25) is 9.69 Å². The number of hydrogen-bond acceptors (Lipinski definition) is 5. The Morgan fingerprint density at radius 2 is 1.43 bits per heavy atom. The molecule has 2 saturated heterocycles. The zero-order chi connectivity index (χ0) is 22.7. The van der Waals surface area contributed by atoms with Gasteiger partial charge in [-0.1, -0.05) is 0 Å². The average molecular weight is 426 g/mol. The lowest BCUT2D eigenvalue weighted by Gasteiger charge is -2.34. The van der Waals surface area contributed by atoms with E-state index in [0.717, 1.165) is 45.3 Å². The fourth-order valence-corrected chi connectivity index (χ4v) is 4.16. The maximum absolute atomic E-state index is 11.2. The van der Waals surface area contributed by atoms with Gasteiger partial charge in [-0.25, -0.2) is 0 Å². The Hall–Kier alpha value is -1.27. The van der Waals surface area contributed by atoms with Crippen molar-refractivity contribution in [3.8, 4) is 0 Å². The number of aliphatic hydroxyl groups excluding tert-OH is 2. The van der Waals surface area contributed by atoms with Crippen LogP contribution in [0.5, 0.6) is 0 Å². The molecule has 3 rings (SSSR count). The van der Waals surface area contributed by atoms with E-state index in [9.17, 15) is 15.0 Å². The van der Waals surface area contributed by atoms with E-state index in [-0.39, 0.29) is 6.23 Å². The van der Waals surface area contributed by atoms with E-state index in [0.29, 0.717) is 29.9 Å². The van der Waals surface area contributed by atoms with Gasteiger partial charge in [0.15, 0.2) is 5.88 Å². The Bertz CT molecular complexity index is 520. The van der Waals surface area contributed by atoms with Gasteiger partial charge in [0.2, 0.25) is 5.91 Å². The molecule has 0 aromatic carbocycles. The number of piperidine rings is 2. The molecule has 0 spiro atoms. The van der Waals surface area contributed by atoms with Crippen LogP contribution in [0.4, 0.5) is 0 Å². The number of rotatable bonds is 3. The van der Waals surface area contributed by atoms with Gasteiger partial charge in [-0.05, 0) is 92.6 Å². The molecule has 1 unspecified atom stereocenters. The molecule has 3 aliphatic rings. The van der Waals surface area contributed by atoms with E-state index in [1.165, 1.54) is 25.7 Å². The molecule has 0 aliphatic carbocycles. The molecule has 0 radical (unpaired) electrons. The summed E-state index contributed by atoms with van der Waals surface area (Å²) >= 11 is 0. The number of likely N-dealkylation sites (tertiary alicyclic amines) is 2. The number of nitrogens with zero attached hydrogens (tertiary/aromatic N) is 3. The van der Waals surface area contributed by atoms with Crippen LogP contribution in [-0.2, 0) is 4.79 Å². The van der Waals surface area contributed by atoms with Gasteiger partial charge in [-0.15, -0.1) is 0 Å². The predicted octanol–water partition coefficient (Wildman–Crippen LogP) is 4.50. The Morgan fingerprint density at radius 1 is 0.833 bits per heavy atom. The number of hydrogen-bond donors (Lipinski definition) is 2. The van der Waals surface area contributed by atoms with Crippen LogP contribution >= 0.6 is 0 Å². The van der Waals surface area contributed by atoms with Gasteiger partial charge in [0.1, 0.15) is 6.23 Å². The maximum atomic E-state index is 11.2. The van der Waals surface area contributed by atoms with E-state index in [1.54, 1.807) is 0 Å². The summed E-state index contributed by atoms with van der Waals surface area (Å²) in [5.74, 6) is 0.794. The third-order valence-corrected chi connectivity index (χ3v) is 6.01. The zero-order valence-corrected chi connectivity index (χ0v) is 20.3. The van der Waals surface area contributed by atoms with Gasteiger partial charge in [0.25, 0.3) is 0 Å². The van der Waals surface area contributed by atoms with E-state index in [4.69, 9.17) is 0 Å². The topological polar surface area (TPSA) is 67.2 Å². The first-order valence-corrected chi connectivity index (χ1v) is 12.0. The highest BCUT2D eigenvalue weighted by molar-refractivity contribution is 5.77. The van der Waals surface area contributed by atoms with Crippen molar-refractivity contribution in [1.82, 2.24) is 14.7 Å². The molecular formula is C24H47N3O3. The summed E-state index contributed by atoms with van der Waals surface area (Å²) in [4.78, 5) is 17.3. The van der Waals surface area contributed by atoms with Gasteiger partial charge >= 0.3 is 0 Å². The van der Waals surface area contributed by atoms with Crippen LogP contribution in [0, 0.1) is 0 Å². The molecule has 176 valence electrons. The van der Waals surface area contributed by atoms with Crippen molar-refractivity contribution in [2.45, 2.75) is 117 Å². The molecule has 0 aromatic heterocycles. The first-order chi connectivity index (χ1) is 14.1. The van der Waals surface area contributed by atoms with Crippen LogP contribution in [0.25, 0.3) is 0 Å². The molecule has 1 amide bonds. The largest absolute Gasteiger partial charge is 0.495 e. The van der Waals surface area contributed by atoms with Crippen molar-refractivity contribution in [1.29, 1.82) is 0 Å². The second-order valence-corrected chi connectivity index (χ2v) is 9.44. The molecule has 3 aliphatic heterocycles. The molecule has 6 heteroatoms. The molecule has 30 heavy (non-hydrogen) atoms. The fourth-order valence-electron chi connectivity index (χ4n) is 4.16. The molecular weight excluding hydrogens is 378 g/mol. The second-order valence-electron chi connectivity index (χ2n) is 9.44. The number of allylic oxidation sites excluding steroid dienone is 1. The minimum Gasteiger partial charge on any atom is -0.495 e. The Morgan fingerprint density at radius 3 is 1.83 bits per heavy atom. The highest BCUT2D eigenvalue weighted by Gasteiger charge is 2.21. The number of carbonyl (C=O) groups is 1. The lowest BCUT2D eigenvalue weighted by atomic mass is 10.1. The third-order valence-electron chi connectivity index (χ3n) is 6.01. The van der Waals surface area contributed by atoms with Gasteiger partial charge in [0.05, 0.1) is 0 Å². The summed E-state index contributed by atoms with van der Waals surface area (Å²) in [6.07, 6.45) is 10.3. The van der Waals surface area contributed by atoms with E-state index in [1.807, 2.05) is 15.9 Å². The predicted molar refractivity (Wildman–Crippen MR) is 124 cm³/mol. The molecule has 0 saturated carbocycles. The third kappa shape index (κ3) is 9.25. The van der Waals surface area contributed by atoms with Crippen molar-refractivity contribution in [2.75, 3.05) is 19.6 Å². The van der Waals surface area contributed by atoms with Crippen LogP contribution in [0.1, 0.15) is 92.9 Å². The molecule has 0 aromatic rings. The Kier molecular flexibility index (Phi) is 12.4. The fraction of sp³-hybridized carbons (Fsp3) is 0.875. The van der Waals surface area contributed by atoms with Crippen molar-refractivity contribution >= 4 is 5.91 Å². The van der Waals surface area contributed by atoms with Gasteiger partial charge in [0, 0.05) is 44.2 Å². The number of aliphatic hydroxyl groups is 2. The summed E-state index contributed by atoms with van der Waals surface area (Å²) in [5, 5.41) is 18.8. The van der Waals surface area contributed by atoms with Crippen molar-refractivity contribution in [3.05, 3.63) is 12.0 Å². The minimum absolute atomic E-state index is 0.172. The summed E-state index contributed by atoms with van der Waals surface area (Å²) in [7, 11) is 0. The van der Waals surface area contributed by atoms with Crippen molar-refractivity contribution < 1.29 is 15.0 Å². The van der Waals surface area contributed by atoms with E-state index in [2.05, 4.69) is 46.4 Å². The smallest absolute Gasteiger partial charge is 0.222 e. The van der Waals surface area contributed by atoms with Crippen LogP contribution in [0.3, 0.4) is 0 Å². The SMILES string of the molecule is CC(C)N1CCCC=C1O.CC(C)N1CCCCC1=O.CC(C)N1CCCCC1O. The summed E-state index contributed by atoms with van der Waals surface area (Å²) in [6, 6.07) is 1.32. The van der Waals surface area contributed by atoms with Gasteiger partial charge in [-0.2, -0.15) is 0 Å². The maximum Gasteiger partial charge on any atom is 0.222 e. The van der Waals surface area contributed by atoms with E-state index >= 15 is 0 Å². The highest BCUT2D eigenvalue weighted by atomic mass is 16.3. The molecule has 6 nitrogen and oxygen atoms in total. The quantitative estimate of drug-likeness (QED) is 0.697. The van der Waals surface area contributed by atoms with Gasteiger partial charge < -0.3 is 20.0 Å². The normalized spacial score (nSPS) is 23.1.